The van der Waals surface area contributed by atoms with Gasteiger partial charge < -0.3 is 19.8 Å². The topological polar surface area (TPSA) is 159 Å². The Kier molecular flexibility index (Phi) is 7.97. The molecular weight excluding hydrogens is 471 g/mol. The lowest BCUT2D eigenvalue weighted by atomic mass is 9.83. The van der Waals surface area contributed by atoms with E-state index in [1.54, 1.807) is 6.92 Å². The van der Waals surface area contributed by atoms with Gasteiger partial charge in [0.05, 0.1) is 5.69 Å². The van der Waals surface area contributed by atoms with Gasteiger partial charge in [0.25, 0.3) is 0 Å². The number of ether oxygens (including phenoxy) is 1. The van der Waals surface area contributed by atoms with E-state index in [9.17, 15) is 28.2 Å². The number of piperidine rings is 1. The van der Waals surface area contributed by atoms with Crippen LogP contribution in [0.5, 0.6) is 5.88 Å². The van der Waals surface area contributed by atoms with E-state index in [0.717, 1.165) is 12.1 Å². The minimum atomic E-state index is -4.66. The summed E-state index contributed by atoms with van der Waals surface area (Å²) in [5, 5.41) is 24.4. The summed E-state index contributed by atoms with van der Waals surface area (Å²) in [6, 6.07) is 3.20. The minimum Gasteiger partial charge on any atom is -0.474 e. The molecule has 1 saturated heterocycles. The summed E-state index contributed by atoms with van der Waals surface area (Å²) in [6.45, 7) is 1.71. The lowest BCUT2D eigenvalue weighted by Crippen LogP contribution is -2.39. The van der Waals surface area contributed by atoms with E-state index in [2.05, 4.69) is 25.0 Å². The second-order valence-corrected chi connectivity index (χ2v) is 8.15. The maximum atomic E-state index is 13.0. The number of aliphatic hydroxyl groups is 1. The predicted molar refractivity (Wildman–Crippen MR) is 114 cm³/mol. The van der Waals surface area contributed by atoms with Crippen LogP contribution in [0.2, 0.25) is 0 Å². The van der Waals surface area contributed by atoms with Gasteiger partial charge in [-0.1, -0.05) is 6.07 Å². The molecule has 14 heteroatoms. The molecule has 0 aromatic carbocycles. The lowest BCUT2D eigenvalue weighted by molar-refractivity contribution is -0.141. The summed E-state index contributed by atoms with van der Waals surface area (Å²) in [6.07, 6.45) is -3.39. The highest BCUT2D eigenvalue weighted by molar-refractivity contribution is 5.65. The molecule has 3 N–H and O–H groups in total. The van der Waals surface area contributed by atoms with Crippen molar-refractivity contribution < 1.29 is 32.9 Å². The number of alkyl halides is 3. The van der Waals surface area contributed by atoms with E-state index < -0.39 is 30.2 Å². The molecule has 3 heterocycles. The number of hydrogen-bond acceptors (Lipinski definition) is 8. The van der Waals surface area contributed by atoms with Crippen LogP contribution in [-0.2, 0) is 11.8 Å². The Morgan fingerprint density at radius 3 is 2.66 bits per heavy atom. The fourth-order valence-corrected chi connectivity index (χ4v) is 3.92. The first-order chi connectivity index (χ1) is 16.5. The zero-order chi connectivity index (χ0) is 25.6. The Bertz CT molecular complexity index is 1100. The number of rotatable bonds is 8. The summed E-state index contributed by atoms with van der Waals surface area (Å²) in [5.41, 5.74) is 4.74. The molecule has 1 amide bonds. The number of aryl methyl sites for hydroxylation is 1. The van der Waals surface area contributed by atoms with Crippen LogP contribution in [-0.4, -0.2) is 62.4 Å². The van der Waals surface area contributed by atoms with E-state index in [1.165, 1.54) is 17.2 Å². The maximum Gasteiger partial charge on any atom is 0.433 e. The summed E-state index contributed by atoms with van der Waals surface area (Å²) >= 11 is 0. The number of amides is 1. The molecule has 188 valence electrons. The summed E-state index contributed by atoms with van der Waals surface area (Å²) in [4.78, 5) is 27.7. The van der Waals surface area contributed by atoms with Gasteiger partial charge in [0.15, 0.2) is 0 Å². The van der Waals surface area contributed by atoms with Gasteiger partial charge in [-0.15, -0.1) is 0 Å². The second-order valence-electron chi connectivity index (χ2n) is 8.15. The van der Waals surface area contributed by atoms with Gasteiger partial charge in [-0.05, 0) is 25.8 Å². The lowest BCUT2D eigenvalue weighted by Gasteiger charge is -2.34. The first-order valence-electron chi connectivity index (χ1n) is 10.8. The van der Waals surface area contributed by atoms with Crippen LogP contribution < -0.4 is 9.65 Å². The van der Waals surface area contributed by atoms with Crippen molar-refractivity contribution in [2.45, 2.75) is 43.9 Å². The fraction of sp³-hybridized carbons (Fsp3) is 0.524. The van der Waals surface area contributed by atoms with Crippen LogP contribution in [0.4, 0.5) is 18.0 Å². The van der Waals surface area contributed by atoms with Crippen molar-refractivity contribution in [2.75, 3.05) is 26.2 Å². The molecule has 0 bridgehead atoms. The van der Waals surface area contributed by atoms with Crippen LogP contribution in [0, 0.1) is 12.5 Å². The first-order valence-corrected chi connectivity index (χ1v) is 10.8. The molecule has 3 rings (SSSR count). The first kappa shape index (κ1) is 26.0. The van der Waals surface area contributed by atoms with Gasteiger partial charge in [0.1, 0.15) is 40.9 Å². The molecule has 35 heavy (non-hydrogen) atoms. The average Bonchev–Trinajstić information content (AvgIpc) is 2.82. The van der Waals surface area contributed by atoms with E-state index in [0.29, 0.717) is 43.0 Å². The Morgan fingerprint density at radius 2 is 2.03 bits per heavy atom. The molecule has 2 aromatic rings. The summed E-state index contributed by atoms with van der Waals surface area (Å²) < 4.78 is 44.6. The van der Waals surface area contributed by atoms with Gasteiger partial charge in [0, 0.05) is 43.3 Å². The molecule has 0 spiro atoms. The van der Waals surface area contributed by atoms with Crippen LogP contribution in [0.25, 0.3) is 0 Å². The Hall–Kier alpha value is -3.64. The fourth-order valence-electron chi connectivity index (χ4n) is 3.92. The van der Waals surface area contributed by atoms with Crippen molar-refractivity contribution in [3.05, 3.63) is 47.2 Å². The third-order valence-electron chi connectivity index (χ3n) is 5.76. The van der Waals surface area contributed by atoms with E-state index in [-0.39, 0.29) is 24.8 Å². The molecule has 1 atom stereocenters. The Labute approximate surface area is 198 Å². The van der Waals surface area contributed by atoms with Crippen molar-refractivity contribution in [2.24, 2.45) is 5.11 Å². The zero-order valence-electron chi connectivity index (χ0n) is 18.9. The van der Waals surface area contributed by atoms with Crippen molar-refractivity contribution in [3.8, 4) is 5.88 Å². The molecule has 1 aliphatic rings. The molecule has 2 aromatic heterocycles. The number of nitrogens with one attached hydrogen (secondary N) is 1. The third kappa shape index (κ3) is 6.49. The number of carbonyl (C=O) groups is 1. The van der Waals surface area contributed by atoms with Crippen molar-refractivity contribution in [3.63, 3.8) is 0 Å². The molecule has 0 aliphatic carbocycles. The standard InChI is InChI=1S/C21H24F3N7O4/c1-13-26-11-15(18(28-13)14-5-9-31(10-6-14)19(32)33)20(34,7-8-27-30-25)12-35-17-4-2-3-16(29-17)21(22,23)24/h2-4,11,14,25,34H,5-10,12H2,1H3/p+1. The molecule has 1 aliphatic heterocycles. The normalized spacial score (nSPS) is 16.3. The molecule has 1 unspecified atom stereocenters. The second kappa shape index (κ2) is 10.7. The largest absolute Gasteiger partial charge is 0.474 e. The predicted octanol–water partition coefficient (Wildman–Crippen LogP) is 3.26. The maximum absolute atomic E-state index is 13.0. The number of likely N-dealkylation sites (tertiary alicyclic amines) is 1. The van der Waals surface area contributed by atoms with Gasteiger partial charge in [-0.25, -0.2) is 19.7 Å². The van der Waals surface area contributed by atoms with E-state index in [4.69, 9.17) is 10.3 Å². The summed E-state index contributed by atoms with van der Waals surface area (Å²) in [7, 11) is 0. The third-order valence-corrected chi connectivity index (χ3v) is 5.76. The molecule has 0 saturated carbocycles. The number of hydrogen-bond donors (Lipinski definition) is 3. The van der Waals surface area contributed by atoms with Crippen LogP contribution in [0.15, 0.2) is 29.5 Å². The Morgan fingerprint density at radius 1 is 1.31 bits per heavy atom. The van der Waals surface area contributed by atoms with Crippen molar-refractivity contribution in [1.82, 2.24) is 24.8 Å². The van der Waals surface area contributed by atoms with Crippen molar-refractivity contribution in [1.29, 1.82) is 5.53 Å². The van der Waals surface area contributed by atoms with Gasteiger partial charge in [0.2, 0.25) is 10.8 Å². The highest BCUT2D eigenvalue weighted by Gasteiger charge is 2.38. The molecule has 11 nitrogen and oxygen atoms in total. The number of pyridine rings is 1. The SMILES string of the molecule is Cc1ncc(C(O)(CCN=[N+]=N)COc2cccc(C(F)(F)F)n2)c(C2CCN(C(=O)O)CC2)n1. The highest BCUT2D eigenvalue weighted by atomic mass is 19.4. The summed E-state index contributed by atoms with van der Waals surface area (Å²) in [5.74, 6) is -0.0684. The smallest absolute Gasteiger partial charge is 0.433 e. The monoisotopic (exact) mass is 496 g/mol. The average molecular weight is 496 g/mol. The van der Waals surface area contributed by atoms with Crippen LogP contribution in [0.3, 0.4) is 0 Å². The van der Waals surface area contributed by atoms with Gasteiger partial charge in [-0.2, -0.15) is 13.2 Å². The number of carboxylic acid groups (broad SMARTS) is 1. The van der Waals surface area contributed by atoms with Crippen LogP contribution >= 0.6 is 0 Å². The Balaban J connectivity index is 1.92. The zero-order valence-corrected chi connectivity index (χ0v) is 18.9. The van der Waals surface area contributed by atoms with E-state index >= 15 is 0 Å². The number of nitrogens with zero attached hydrogens (tertiary/aromatic N) is 6. The van der Waals surface area contributed by atoms with E-state index in [1.807, 2.05) is 0 Å². The van der Waals surface area contributed by atoms with Crippen molar-refractivity contribution >= 4 is 6.09 Å². The minimum absolute atomic E-state index is 0.0653. The molecular formula is C21H25F3N7O4+. The highest BCUT2D eigenvalue weighted by Crippen LogP contribution is 2.36. The van der Waals surface area contributed by atoms with Gasteiger partial charge >= 0.3 is 12.3 Å². The molecule has 1 fully saturated rings. The quantitative estimate of drug-likeness (QED) is 0.374. The van der Waals surface area contributed by atoms with Gasteiger partial charge in [-0.3, -0.25) is 0 Å². The number of halogens is 3. The molecule has 0 radical (unpaired) electrons. The number of aromatic nitrogens is 3. The van der Waals surface area contributed by atoms with Crippen LogP contribution in [0.1, 0.15) is 48.0 Å².